The van der Waals surface area contributed by atoms with Crippen LogP contribution < -0.4 is 16.4 Å². The van der Waals surface area contributed by atoms with Gasteiger partial charge in [-0.1, -0.05) is 24.3 Å². The number of benzene rings is 2. The second-order valence-corrected chi connectivity index (χ2v) is 7.56. The molecule has 2 aliphatic heterocycles. The molecule has 2 aromatic carbocycles. The lowest BCUT2D eigenvalue weighted by molar-refractivity contribution is -0.136. The Morgan fingerprint density at radius 3 is 2.76 bits per heavy atom. The molecule has 0 saturated carbocycles. The third kappa shape index (κ3) is 4.14. The second-order valence-electron chi connectivity index (χ2n) is 7.56. The molecule has 0 aromatic heterocycles. The Morgan fingerprint density at radius 2 is 1.97 bits per heavy atom. The first kappa shape index (κ1) is 19.1. The molecule has 2 aliphatic rings. The summed E-state index contributed by atoms with van der Waals surface area (Å²) >= 11 is 0. The quantitative estimate of drug-likeness (QED) is 0.391. The lowest BCUT2D eigenvalue weighted by atomic mass is 10.0. The van der Waals surface area contributed by atoms with Crippen molar-refractivity contribution in [3.05, 3.63) is 64.7 Å². The van der Waals surface area contributed by atoms with Gasteiger partial charge in [-0.05, 0) is 54.3 Å². The molecule has 2 heterocycles. The van der Waals surface area contributed by atoms with Gasteiger partial charge in [0.2, 0.25) is 11.8 Å². The molecular weight excluding hydrogens is 368 g/mol. The Hall–Kier alpha value is -3.19. The molecule has 3 amide bonds. The van der Waals surface area contributed by atoms with Crippen LogP contribution in [0.3, 0.4) is 0 Å². The average molecular weight is 392 g/mol. The van der Waals surface area contributed by atoms with Gasteiger partial charge in [-0.3, -0.25) is 19.7 Å². The van der Waals surface area contributed by atoms with Gasteiger partial charge in [0.15, 0.2) is 0 Å². The summed E-state index contributed by atoms with van der Waals surface area (Å²) in [4.78, 5) is 37.9. The Bertz CT molecular complexity index is 972. The van der Waals surface area contributed by atoms with Crippen molar-refractivity contribution in [2.24, 2.45) is 0 Å². The van der Waals surface area contributed by atoms with Crippen molar-refractivity contribution >= 4 is 23.4 Å². The highest BCUT2D eigenvalue weighted by Gasteiger charge is 2.38. The second kappa shape index (κ2) is 8.05. The number of carbonyl (C=O) groups excluding carboxylic acids is 3. The van der Waals surface area contributed by atoms with Crippen LogP contribution in [0.5, 0.6) is 0 Å². The number of amides is 3. The van der Waals surface area contributed by atoms with Crippen molar-refractivity contribution in [2.45, 2.75) is 38.4 Å². The van der Waals surface area contributed by atoms with Gasteiger partial charge in [-0.15, -0.1) is 0 Å². The number of nitrogens with two attached hydrogens (primary N) is 1. The largest absolute Gasteiger partial charge is 0.399 e. The van der Waals surface area contributed by atoms with E-state index < -0.39 is 6.04 Å². The van der Waals surface area contributed by atoms with Gasteiger partial charge in [0.1, 0.15) is 6.04 Å². The van der Waals surface area contributed by atoms with E-state index >= 15 is 0 Å². The van der Waals surface area contributed by atoms with E-state index in [-0.39, 0.29) is 24.1 Å². The van der Waals surface area contributed by atoms with Gasteiger partial charge in [0.05, 0.1) is 0 Å². The van der Waals surface area contributed by atoms with E-state index in [4.69, 9.17) is 5.73 Å². The molecule has 29 heavy (non-hydrogen) atoms. The van der Waals surface area contributed by atoms with Crippen molar-refractivity contribution < 1.29 is 14.4 Å². The maximum absolute atomic E-state index is 12.9. The minimum Gasteiger partial charge on any atom is -0.399 e. The lowest BCUT2D eigenvalue weighted by Crippen LogP contribution is -2.52. The number of hydrogen-bond acceptors (Lipinski definition) is 5. The van der Waals surface area contributed by atoms with Gasteiger partial charge < -0.3 is 16.0 Å². The van der Waals surface area contributed by atoms with E-state index in [1.54, 1.807) is 4.90 Å². The number of carbonyl (C=O) groups is 3. The normalized spacial score (nSPS) is 18.7. The number of fused-ring (bicyclic) bond motifs is 1. The molecule has 150 valence electrons. The third-order valence-corrected chi connectivity index (χ3v) is 5.46. The van der Waals surface area contributed by atoms with Gasteiger partial charge in [0, 0.05) is 30.8 Å². The average Bonchev–Trinajstić information content (AvgIpc) is 3.01. The minimum atomic E-state index is -0.576. The standard InChI is InChI=1S/C22H24N4O3/c23-17-3-1-2-14(10-17)8-9-24-12-15-4-5-16-13-26(22(29)18(16)11-15)19-6-7-20(27)25-21(19)28/h1-5,10-11,19,24H,6-9,12-13,23H2,(H,25,27,28). The van der Waals surface area contributed by atoms with Crippen LogP contribution in [0.15, 0.2) is 42.5 Å². The van der Waals surface area contributed by atoms with Gasteiger partial charge >= 0.3 is 0 Å². The van der Waals surface area contributed by atoms with Crippen molar-refractivity contribution in [1.82, 2.24) is 15.5 Å². The smallest absolute Gasteiger partial charge is 0.255 e. The van der Waals surface area contributed by atoms with Crippen LogP contribution in [0.25, 0.3) is 0 Å². The number of anilines is 1. The fourth-order valence-corrected chi connectivity index (χ4v) is 3.93. The first-order valence-electron chi connectivity index (χ1n) is 9.83. The molecule has 0 bridgehead atoms. The van der Waals surface area contributed by atoms with Crippen LogP contribution in [0.1, 0.15) is 39.9 Å². The Balaban J connectivity index is 1.35. The lowest BCUT2D eigenvalue weighted by Gasteiger charge is -2.29. The fraction of sp³-hybridized carbons (Fsp3) is 0.318. The van der Waals surface area contributed by atoms with Crippen molar-refractivity contribution in [3.8, 4) is 0 Å². The molecule has 0 radical (unpaired) electrons. The predicted molar refractivity (Wildman–Crippen MR) is 109 cm³/mol. The third-order valence-electron chi connectivity index (χ3n) is 5.46. The molecule has 1 fully saturated rings. The highest BCUT2D eigenvalue weighted by atomic mass is 16.2. The number of piperidine rings is 1. The predicted octanol–water partition coefficient (Wildman–Crippen LogP) is 1.36. The maximum atomic E-state index is 12.9. The van der Waals surface area contributed by atoms with Crippen LogP contribution in [0, 0.1) is 0 Å². The SMILES string of the molecule is Nc1cccc(CCNCc2ccc3c(c2)C(=O)N(C2CCC(=O)NC2=O)C3)c1. The van der Waals surface area contributed by atoms with E-state index in [0.717, 1.165) is 29.8 Å². The molecule has 4 rings (SSSR count). The summed E-state index contributed by atoms with van der Waals surface area (Å²) in [6, 6.07) is 13.1. The summed E-state index contributed by atoms with van der Waals surface area (Å²) in [6.07, 6.45) is 1.51. The fourth-order valence-electron chi connectivity index (χ4n) is 3.93. The number of hydrogen-bond donors (Lipinski definition) is 3. The van der Waals surface area contributed by atoms with E-state index in [1.165, 1.54) is 5.56 Å². The summed E-state index contributed by atoms with van der Waals surface area (Å²) in [5.41, 5.74) is 10.3. The number of nitrogens with zero attached hydrogens (tertiary/aromatic N) is 1. The van der Waals surface area contributed by atoms with Crippen molar-refractivity contribution in [2.75, 3.05) is 12.3 Å². The van der Waals surface area contributed by atoms with Crippen molar-refractivity contribution in [3.63, 3.8) is 0 Å². The summed E-state index contributed by atoms with van der Waals surface area (Å²) in [5, 5.41) is 5.72. The Labute approximate surface area is 169 Å². The summed E-state index contributed by atoms with van der Waals surface area (Å²) < 4.78 is 0. The van der Waals surface area contributed by atoms with Crippen LogP contribution in [-0.2, 0) is 29.1 Å². The number of nitrogens with one attached hydrogen (secondary N) is 2. The summed E-state index contributed by atoms with van der Waals surface area (Å²) in [5.74, 6) is -0.802. The first-order chi connectivity index (χ1) is 14.0. The molecule has 1 saturated heterocycles. The highest BCUT2D eigenvalue weighted by Crippen LogP contribution is 2.28. The summed E-state index contributed by atoms with van der Waals surface area (Å²) in [7, 11) is 0. The van der Waals surface area contributed by atoms with Gasteiger partial charge in [-0.2, -0.15) is 0 Å². The molecule has 2 aromatic rings. The Kier molecular flexibility index (Phi) is 5.31. The van der Waals surface area contributed by atoms with Crippen LogP contribution in [0.2, 0.25) is 0 Å². The number of nitrogen functional groups attached to an aromatic ring is 1. The monoisotopic (exact) mass is 392 g/mol. The van der Waals surface area contributed by atoms with Crippen LogP contribution in [0.4, 0.5) is 5.69 Å². The van der Waals surface area contributed by atoms with E-state index in [9.17, 15) is 14.4 Å². The zero-order valence-corrected chi connectivity index (χ0v) is 16.1. The first-order valence-corrected chi connectivity index (χ1v) is 9.83. The number of imide groups is 1. The topological polar surface area (TPSA) is 105 Å². The molecular formula is C22H24N4O3. The van der Waals surface area contributed by atoms with E-state index in [2.05, 4.69) is 16.7 Å². The molecule has 0 aliphatic carbocycles. The van der Waals surface area contributed by atoms with Crippen LogP contribution >= 0.6 is 0 Å². The van der Waals surface area contributed by atoms with Gasteiger partial charge in [-0.25, -0.2) is 0 Å². The maximum Gasteiger partial charge on any atom is 0.255 e. The molecule has 4 N–H and O–H groups in total. The number of rotatable bonds is 6. The highest BCUT2D eigenvalue weighted by molar-refractivity contribution is 6.05. The summed E-state index contributed by atoms with van der Waals surface area (Å²) in [6.45, 7) is 1.86. The zero-order valence-electron chi connectivity index (χ0n) is 16.1. The van der Waals surface area contributed by atoms with Crippen LogP contribution in [-0.4, -0.2) is 35.2 Å². The Morgan fingerprint density at radius 1 is 1.10 bits per heavy atom. The van der Waals surface area contributed by atoms with E-state index in [1.807, 2.05) is 36.4 Å². The molecule has 0 spiro atoms. The van der Waals surface area contributed by atoms with E-state index in [0.29, 0.717) is 25.1 Å². The van der Waals surface area contributed by atoms with Crippen molar-refractivity contribution in [1.29, 1.82) is 0 Å². The molecule has 7 heteroatoms. The zero-order chi connectivity index (χ0) is 20.4. The molecule has 1 unspecified atom stereocenters. The van der Waals surface area contributed by atoms with Gasteiger partial charge in [0.25, 0.3) is 5.91 Å². The molecule has 7 nitrogen and oxygen atoms in total. The minimum absolute atomic E-state index is 0.142. The molecule has 1 atom stereocenters.